The highest BCUT2D eigenvalue weighted by Gasteiger charge is 2.32. The third kappa shape index (κ3) is 6.54. The van der Waals surface area contributed by atoms with Crippen LogP contribution in [0.5, 0.6) is 5.75 Å². The fourth-order valence-electron chi connectivity index (χ4n) is 2.76. The maximum Gasteiger partial charge on any atom is 0.573 e. The maximum atomic E-state index is 12.3. The molecule has 1 atom stereocenters. The number of nitrogens with zero attached hydrogens (tertiary/aromatic N) is 2. The summed E-state index contributed by atoms with van der Waals surface area (Å²) in [7, 11) is 0. The molecule has 1 aliphatic rings. The quantitative estimate of drug-likeness (QED) is 0.644. The van der Waals surface area contributed by atoms with Crippen molar-refractivity contribution in [3.8, 4) is 5.75 Å². The summed E-state index contributed by atoms with van der Waals surface area (Å²) in [6.07, 6.45) is -2.79. The Labute approximate surface area is 169 Å². The average molecular weight is 467 g/mol. The summed E-state index contributed by atoms with van der Waals surface area (Å²) in [6.45, 7) is 5.01. The van der Waals surface area contributed by atoms with Gasteiger partial charge in [0.2, 0.25) is 5.91 Å². The molecular formula is C17H22BrF3N4O3. The van der Waals surface area contributed by atoms with E-state index in [-0.39, 0.29) is 28.3 Å². The van der Waals surface area contributed by atoms with Crippen LogP contribution in [0.1, 0.15) is 33.1 Å². The molecule has 11 heteroatoms. The molecule has 1 saturated heterocycles. The molecule has 0 aromatic carbocycles. The fourth-order valence-corrected chi connectivity index (χ4v) is 3.16. The second-order valence-corrected chi connectivity index (χ2v) is 7.29. The Morgan fingerprint density at radius 1 is 1.36 bits per heavy atom. The number of likely N-dealkylation sites (tertiary alicyclic amines) is 1. The minimum absolute atomic E-state index is 0.0124. The van der Waals surface area contributed by atoms with Crippen LogP contribution in [0.15, 0.2) is 16.7 Å². The van der Waals surface area contributed by atoms with E-state index in [9.17, 15) is 22.8 Å². The van der Waals surface area contributed by atoms with Crippen LogP contribution in [0.25, 0.3) is 0 Å². The average Bonchev–Trinajstić information content (AvgIpc) is 2.62. The number of pyridine rings is 1. The molecule has 2 rings (SSSR count). The number of aromatic nitrogens is 1. The third-order valence-corrected chi connectivity index (χ3v) is 5.03. The normalized spacial score (nSPS) is 16.4. The minimum atomic E-state index is -4.83. The predicted molar refractivity (Wildman–Crippen MR) is 99.8 cm³/mol. The SMILES string of the molecule is CC[C@H](C)C(=O)N1CCC(NC(=O)Nc2ccc(OC(F)(F)F)c(Br)n2)CC1. The molecule has 3 amide bonds. The van der Waals surface area contributed by atoms with Crippen LogP contribution in [-0.4, -0.2) is 47.3 Å². The lowest BCUT2D eigenvalue weighted by molar-refractivity contribution is -0.275. The molecule has 0 spiro atoms. The standard InChI is InChI=1S/C17H22BrF3N4O3/c1-3-10(2)15(26)25-8-6-11(7-9-25)22-16(27)24-13-5-4-12(14(18)23-13)28-17(19,20)21/h4-5,10-11H,3,6-9H2,1-2H3,(H2,22,23,24,27)/t10-/m0/s1. The van der Waals surface area contributed by atoms with Crippen molar-refractivity contribution in [2.45, 2.75) is 45.5 Å². The first-order valence-corrected chi connectivity index (χ1v) is 9.67. The third-order valence-electron chi connectivity index (χ3n) is 4.46. The van der Waals surface area contributed by atoms with Crippen LogP contribution < -0.4 is 15.4 Å². The number of anilines is 1. The molecule has 1 aliphatic heterocycles. The number of rotatable bonds is 5. The Balaban J connectivity index is 1.83. The van der Waals surface area contributed by atoms with Crippen LogP contribution in [0.2, 0.25) is 0 Å². The monoisotopic (exact) mass is 466 g/mol. The van der Waals surface area contributed by atoms with Gasteiger partial charge in [-0.1, -0.05) is 13.8 Å². The van der Waals surface area contributed by atoms with Crippen molar-refractivity contribution in [1.29, 1.82) is 0 Å². The number of ether oxygens (including phenoxy) is 1. The first kappa shape index (κ1) is 22.3. The Morgan fingerprint density at radius 2 is 2.00 bits per heavy atom. The lowest BCUT2D eigenvalue weighted by Gasteiger charge is -2.33. The fraction of sp³-hybridized carbons (Fsp3) is 0.588. The van der Waals surface area contributed by atoms with Gasteiger partial charge in [-0.05, 0) is 47.3 Å². The molecule has 28 heavy (non-hydrogen) atoms. The van der Waals surface area contributed by atoms with Crippen LogP contribution in [0.4, 0.5) is 23.8 Å². The number of alkyl halides is 3. The van der Waals surface area contributed by atoms with Crippen molar-refractivity contribution < 1.29 is 27.5 Å². The summed E-state index contributed by atoms with van der Waals surface area (Å²) >= 11 is 2.88. The van der Waals surface area contributed by atoms with E-state index in [1.54, 1.807) is 0 Å². The molecule has 1 aromatic rings. The second kappa shape index (κ2) is 9.44. The van der Waals surface area contributed by atoms with E-state index in [1.807, 2.05) is 18.7 Å². The number of halogens is 4. The zero-order valence-electron chi connectivity index (χ0n) is 15.5. The van der Waals surface area contributed by atoms with Crippen molar-refractivity contribution in [1.82, 2.24) is 15.2 Å². The van der Waals surface area contributed by atoms with Crippen molar-refractivity contribution in [2.24, 2.45) is 5.92 Å². The molecule has 1 fully saturated rings. The summed E-state index contributed by atoms with van der Waals surface area (Å²) in [5.41, 5.74) is 0. The highest BCUT2D eigenvalue weighted by Crippen LogP contribution is 2.30. The molecule has 7 nitrogen and oxygen atoms in total. The van der Waals surface area contributed by atoms with Crippen LogP contribution in [0.3, 0.4) is 0 Å². The van der Waals surface area contributed by atoms with Gasteiger partial charge in [0, 0.05) is 25.0 Å². The molecule has 1 aromatic heterocycles. The molecule has 0 unspecified atom stereocenters. The summed E-state index contributed by atoms with van der Waals surface area (Å²) < 4.78 is 40.4. The minimum Gasteiger partial charge on any atom is -0.403 e. The number of piperidine rings is 1. The van der Waals surface area contributed by atoms with Crippen LogP contribution >= 0.6 is 15.9 Å². The smallest absolute Gasteiger partial charge is 0.403 e. The zero-order valence-corrected chi connectivity index (χ0v) is 17.1. The Morgan fingerprint density at radius 3 is 2.54 bits per heavy atom. The lowest BCUT2D eigenvalue weighted by atomic mass is 10.0. The van der Waals surface area contributed by atoms with Crippen molar-refractivity contribution in [3.05, 3.63) is 16.7 Å². The molecule has 2 heterocycles. The number of nitrogens with one attached hydrogen (secondary N) is 2. The van der Waals surface area contributed by atoms with Gasteiger partial charge in [0.05, 0.1) is 0 Å². The van der Waals surface area contributed by atoms with E-state index < -0.39 is 18.1 Å². The molecule has 0 radical (unpaired) electrons. The van der Waals surface area contributed by atoms with Gasteiger partial charge in [0.15, 0.2) is 10.4 Å². The van der Waals surface area contributed by atoms with Gasteiger partial charge in [-0.2, -0.15) is 0 Å². The summed E-state index contributed by atoms with van der Waals surface area (Å²) in [4.78, 5) is 29.9. The molecule has 0 bridgehead atoms. The summed E-state index contributed by atoms with van der Waals surface area (Å²) in [6, 6.07) is 1.64. The van der Waals surface area contributed by atoms with E-state index in [0.29, 0.717) is 25.9 Å². The number of hydrogen-bond donors (Lipinski definition) is 2. The van der Waals surface area contributed by atoms with E-state index in [4.69, 9.17) is 0 Å². The molecular weight excluding hydrogens is 445 g/mol. The summed E-state index contributed by atoms with van der Waals surface area (Å²) in [5.74, 6) is -0.317. The van der Waals surface area contributed by atoms with E-state index in [0.717, 1.165) is 12.5 Å². The lowest BCUT2D eigenvalue weighted by Crippen LogP contribution is -2.48. The number of carbonyl (C=O) groups excluding carboxylic acids is 2. The number of urea groups is 1. The van der Waals surface area contributed by atoms with E-state index >= 15 is 0 Å². The highest BCUT2D eigenvalue weighted by molar-refractivity contribution is 9.10. The number of hydrogen-bond acceptors (Lipinski definition) is 4. The van der Waals surface area contributed by atoms with Crippen molar-refractivity contribution >= 4 is 33.7 Å². The van der Waals surface area contributed by atoms with Crippen molar-refractivity contribution in [2.75, 3.05) is 18.4 Å². The molecule has 0 aliphatic carbocycles. The Bertz CT molecular complexity index is 709. The van der Waals surface area contributed by atoms with Gasteiger partial charge in [0.25, 0.3) is 0 Å². The molecule has 2 N–H and O–H groups in total. The van der Waals surface area contributed by atoms with Gasteiger partial charge in [-0.3, -0.25) is 10.1 Å². The van der Waals surface area contributed by atoms with E-state index in [1.165, 1.54) is 6.07 Å². The van der Waals surface area contributed by atoms with E-state index in [2.05, 4.69) is 36.3 Å². The molecule has 156 valence electrons. The van der Waals surface area contributed by atoms with Gasteiger partial charge >= 0.3 is 12.4 Å². The van der Waals surface area contributed by atoms with Crippen LogP contribution in [0, 0.1) is 5.92 Å². The highest BCUT2D eigenvalue weighted by atomic mass is 79.9. The van der Waals surface area contributed by atoms with Gasteiger partial charge in [-0.25, -0.2) is 9.78 Å². The first-order chi connectivity index (χ1) is 13.1. The zero-order chi connectivity index (χ0) is 20.9. The van der Waals surface area contributed by atoms with Gasteiger partial charge in [-0.15, -0.1) is 13.2 Å². The van der Waals surface area contributed by atoms with Crippen molar-refractivity contribution in [3.63, 3.8) is 0 Å². The first-order valence-electron chi connectivity index (χ1n) is 8.87. The van der Waals surface area contributed by atoms with Crippen LogP contribution in [-0.2, 0) is 4.79 Å². The topological polar surface area (TPSA) is 83.6 Å². The molecule has 0 saturated carbocycles. The maximum absolute atomic E-state index is 12.3. The van der Waals surface area contributed by atoms with Gasteiger partial charge < -0.3 is 15.0 Å². The Hall–Kier alpha value is -2.04. The predicted octanol–water partition coefficient (Wildman–Crippen LogP) is 3.90. The Kier molecular flexibility index (Phi) is 7.50. The largest absolute Gasteiger partial charge is 0.573 e. The second-order valence-electron chi connectivity index (χ2n) is 6.54. The number of amides is 3. The number of carbonyl (C=O) groups is 2. The summed E-state index contributed by atoms with van der Waals surface area (Å²) in [5, 5.41) is 5.26. The van der Waals surface area contributed by atoms with Gasteiger partial charge in [0.1, 0.15) is 5.82 Å².